The van der Waals surface area contributed by atoms with E-state index in [9.17, 15) is 4.79 Å². The predicted octanol–water partition coefficient (Wildman–Crippen LogP) is 3.81. The first-order valence-corrected chi connectivity index (χ1v) is 10.5. The third-order valence-electron chi connectivity index (χ3n) is 5.38. The zero-order chi connectivity index (χ0) is 22.2. The number of aryl methyl sites for hydroxylation is 2. The first-order valence-electron chi connectivity index (χ1n) is 10.5. The van der Waals surface area contributed by atoms with E-state index in [0.717, 1.165) is 40.9 Å². The van der Waals surface area contributed by atoms with Gasteiger partial charge in [-0.05, 0) is 48.7 Å². The number of nitrogens with two attached hydrogens (primary N) is 1. The minimum Gasteiger partial charge on any atom is -0.493 e. The third kappa shape index (κ3) is 5.86. The van der Waals surface area contributed by atoms with E-state index in [4.69, 9.17) is 9.47 Å². The van der Waals surface area contributed by atoms with Crippen molar-refractivity contribution in [1.29, 1.82) is 0 Å². The summed E-state index contributed by atoms with van der Waals surface area (Å²) in [5.74, 6) is 1.41. The predicted molar refractivity (Wildman–Crippen MR) is 124 cm³/mol. The molecule has 0 spiro atoms. The van der Waals surface area contributed by atoms with Crippen LogP contribution in [-0.4, -0.2) is 26.7 Å². The zero-order valence-corrected chi connectivity index (χ0v) is 18.6. The number of benzene rings is 3. The lowest BCUT2D eigenvalue weighted by Crippen LogP contribution is -2.87. The van der Waals surface area contributed by atoms with Crippen LogP contribution in [0.1, 0.15) is 28.3 Å². The number of hydrogen-bond donors (Lipinski definition) is 2. The van der Waals surface area contributed by atoms with Crippen molar-refractivity contribution in [3.63, 3.8) is 0 Å². The highest BCUT2D eigenvalue weighted by Crippen LogP contribution is 2.27. The minimum atomic E-state index is -0.332. The van der Waals surface area contributed by atoms with Crippen molar-refractivity contribution in [2.75, 3.05) is 26.1 Å². The Labute approximate surface area is 184 Å². The molecular weight excluding hydrogens is 388 g/mol. The molecule has 0 fully saturated rings. The summed E-state index contributed by atoms with van der Waals surface area (Å²) in [4.78, 5) is 13.2. The Morgan fingerprint density at radius 1 is 0.935 bits per heavy atom. The molecule has 0 saturated heterocycles. The number of quaternary nitrogens is 1. The molecule has 0 aliphatic rings. The van der Waals surface area contributed by atoms with Crippen LogP contribution in [0.25, 0.3) is 0 Å². The van der Waals surface area contributed by atoms with E-state index >= 15 is 0 Å². The average Bonchev–Trinajstić information content (AvgIpc) is 2.79. The van der Waals surface area contributed by atoms with Gasteiger partial charge in [-0.15, -0.1) is 0 Å². The summed E-state index contributed by atoms with van der Waals surface area (Å²) in [6, 6.07) is 21.6. The maximum atomic E-state index is 13.2. The first kappa shape index (κ1) is 22.4. The minimum absolute atomic E-state index is 0.0211. The van der Waals surface area contributed by atoms with E-state index in [1.165, 1.54) is 0 Å². The fraction of sp³-hybridized carbons (Fsp3) is 0.269. The molecule has 3 aromatic carbocycles. The molecule has 3 rings (SSSR count). The van der Waals surface area contributed by atoms with E-state index in [2.05, 4.69) is 16.7 Å². The van der Waals surface area contributed by atoms with Crippen molar-refractivity contribution in [2.45, 2.75) is 26.3 Å². The Hall–Kier alpha value is -3.31. The molecule has 0 aliphatic carbocycles. The summed E-state index contributed by atoms with van der Waals surface area (Å²) in [7, 11) is 3.27. The van der Waals surface area contributed by atoms with Crippen molar-refractivity contribution in [3.05, 3.63) is 89.0 Å². The number of hydrogen-bond acceptors (Lipinski definition) is 3. The van der Waals surface area contributed by atoms with E-state index in [1.807, 2.05) is 74.5 Å². The summed E-state index contributed by atoms with van der Waals surface area (Å²) in [6.07, 6.45) is 0.806. The molecule has 1 atom stereocenters. The Kier molecular flexibility index (Phi) is 7.68. The molecule has 0 unspecified atom stereocenters. The van der Waals surface area contributed by atoms with Crippen molar-refractivity contribution < 1.29 is 19.6 Å². The number of carbonyl (C=O) groups is 1. The van der Waals surface area contributed by atoms with Gasteiger partial charge in [-0.3, -0.25) is 4.79 Å². The quantitative estimate of drug-likeness (QED) is 0.554. The van der Waals surface area contributed by atoms with E-state index in [1.54, 1.807) is 14.2 Å². The summed E-state index contributed by atoms with van der Waals surface area (Å²) >= 11 is 0. The third-order valence-corrected chi connectivity index (χ3v) is 5.38. The normalized spacial score (nSPS) is 11.6. The molecule has 5 heteroatoms. The molecule has 0 bridgehead atoms. The van der Waals surface area contributed by atoms with Crippen molar-refractivity contribution in [2.24, 2.45) is 0 Å². The summed E-state index contributed by atoms with van der Waals surface area (Å²) in [5, 5.41) is 5.21. The maximum absolute atomic E-state index is 13.2. The molecule has 162 valence electrons. The fourth-order valence-corrected chi connectivity index (χ4v) is 3.59. The second-order valence-electron chi connectivity index (χ2n) is 7.66. The summed E-state index contributed by atoms with van der Waals surface area (Å²) in [6.45, 7) is 4.79. The Morgan fingerprint density at radius 3 is 2.39 bits per heavy atom. The maximum Gasteiger partial charge on any atom is 0.287 e. The molecule has 3 N–H and O–H groups in total. The molecule has 0 heterocycles. The van der Waals surface area contributed by atoms with Gasteiger partial charge in [-0.1, -0.05) is 48.5 Å². The van der Waals surface area contributed by atoms with E-state index in [0.29, 0.717) is 11.5 Å². The topological polar surface area (TPSA) is 64.2 Å². The van der Waals surface area contributed by atoms with Crippen molar-refractivity contribution in [1.82, 2.24) is 0 Å². The van der Waals surface area contributed by atoms with Crippen LogP contribution >= 0.6 is 0 Å². The van der Waals surface area contributed by atoms with Crippen LogP contribution in [0.15, 0.2) is 66.7 Å². The highest BCUT2D eigenvalue weighted by Gasteiger charge is 2.24. The van der Waals surface area contributed by atoms with Gasteiger partial charge in [0.1, 0.15) is 0 Å². The highest BCUT2D eigenvalue weighted by atomic mass is 16.5. The zero-order valence-electron chi connectivity index (χ0n) is 18.6. The Balaban J connectivity index is 1.73. The molecule has 1 amide bonds. The van der Waals surface area contributed by atoms with Crippen molar-refractivity contribution in [3.8, 4) is 11.5 Å². The van der Waals surface area contributed by atoms with Crippen LogP contribution in [0, 0.1) is 13.8 Å². The lowest BCUT2D eigenvalue weighted by Gasteiger charge is -2.17. The number of anilines is 1. The summed E-state index contributed by atoms with van der Waals surface area (Å²) < 4.78 is 10.7. The van der Waals surface area contributed by atoms with Gasteiger partial charge in [0.05, 0.1) is 20.8 Å². The van der Waals surface area contributed by atoms with Crippen molar-refractivity contribution >= 4 is 11.6 Å². The number of ether oxygens (including phenoxy) is 2. The van der Waals surface area contributed by atoms with Gasteiger partial charge in [-0.2, -0.15) is 0 Å². The smallest absolute Gasteiger partial charge is 0.287 e. The number of nitrogens with one attached hydrogen (secondary N) is 1. The van der Waals surface area contributed by atoms with Crippen LogP contribution in [0.5, 0.6) is 11.5 Å². The van der Waals surface area contributed by atoms with Crippen LogP contribution in [0.3, 0.4) is 0 Å². The monoisotopic (exact) mass is 419 g/mol. The van der Waals surface area contributed by atoms with Crippen LogP contribution in [-0.2, 0) is 11.2 Å². The second-order valence-corrected chi connectivity index (χ2v) is 7.66. The number of rotatable bonds is 9. The standard InChI is InChI=1S/C26H30N2O3/c1-18-10-11-19(2)22(16-18)28-26(29)25(21-8-6-5-7-9-21)27-15-14-20-12-13-23(30-3)24(17-20)31-4/h5-13,16-17,25,27H,14-15H2,1-4H3,(H,28,29)/p+1/t25-/m0/s1. The molecule has 0 radical (unpaired) electrons. The lowest BCUT2D eigenvalue weighted by molar-refractivity contribution is -0.682. The molecular formula is C26H31N2O3+. The van der Waals surface area contributed by atoms with Crippen LogP contribution in [0.2, 0.25) is 0 Å². The largest absolute Gasteiger partial charge is 0.493 e. The highest BCUT2D eigenvalue weighted by molar-refractivity contribution is 5.95. The second kappa shape index (κ2) is 10.6. The SMILES string of the molecule is COc1ccc(CC[NH2+][C@H](C(=O)Nc2cc(C)ccc2C)c2ccccc2)cc1OC. The van der Waals surface area contributed by atoms with Gasteiger partial charge >= 0.3 is 0 Å². The summed E-state index contributed by atoms with van der Waals surface area (Å²) in [5.41, 5.74) is 5.15. The van der Waals surface area contributed by atoms with Gasteiger partial charge in [0.25, 0.3) is 5.91 Å². The number of methoxy groups -OCH3 is 2. The first-order chi connectivity index (χ1) is 15.0. The average molecular weight is 420 g/mol. The number of amides is 1. The van der Waals surface area contributed by atoms with Gasteiger partial charge in [0.2, 0.25) is 0 Å². The molecule has 0 saturated carbocycles. The molecule has 0 aliphatic heterocycles. The van der Waals surface area contributed by atoms with Gasteiger partial charge < -0.3 is 20.1 Å². The van der Waals surface area contributed by atoms with Crippen LogP contribution < -0.4 is 20.1 Å². The molecule has 31 heavy (non-hydrogen) atoms. The number of carbonyl (C=O) groups excluding carboxylic acids is 1. The Bertz CT molecular complexity index is 1020. The van der Waals surface area contributed by atoms with E-state index in [-0.39, 0.29) is 11.9 Å². The molecule has 5 nitrogen and oxygen atoms in total. The van der Waals surface area contributed by atoms with Crippen LogP contribution in [0.4, 0.5) is 5.69 Å². The van der Waals surface area contributed by atoms with E-state index < -0.39 is 0 Å². The molecule has 0 aromatic heterocycles. The van der Waals surface area contributed by atoms with Gasteiger partial charge in [0, 0.05) is 17.7 Å². The fourth-order valence-electron chi connectivity index (χ4n) is 3.59. The Morgan fingerprint density at radius 2 is 1.68 bits per heavy atom. The van der Waals surface area contributed by atoms with Gasteiger partial charge in [0.15, 0.2) is 17.5 Å². The lowest BCUT2D eigenvalue weighted by atomic mass is 10.0. The van der Waals surface area contributed by atoms with Gasteiger partial charge in [-0.25, -0.2) is 0 Å². The molecule has 3 aromatic rings.